The molecule has 0 saturated carbocycles. The Morgan fingerprint density at radius 1 is 1.44 bits per heavy atom. The number of nitrogens with zero attached hydrogens (tertiary/aromatic N) is 1. The van der Waals surface area contributed by atoms with Crippen LogP contribution in [0.1, 0.15) is 12.5 Å². The fourth-order valence-corrected chi connectivity index (χ4v) is 1.69. The van der Waals surface area contributed by atoms with Gasteiger partial charge in [0.15, 0.2) is 0 Å². The third-order valence-corrected chi connectivity index (χ3v) is 2.50. The topological polar surface area (TPSA) is 29.5 Å². The van der Waals surface area contributed by atoms with E-state index in [2.05, 4.69) is 0 Å². The Morgan fingerprint density at radius 3 is 2.62 bits per heavy atom. The van der Waals surface area contributed by atoms with Gasteiger partial charge in [-0.2, -0.15) is 0 Å². The molecular formula is C12H14FNO2. The van der Waals surface area contributed by atoms with Crippen LogP contribution in [0.15, 0.2) is 30.3 Å². The maximum absolute atomic E-state index is 13.1. The second kappa shape index (κ2) is 4.12. The van der Waals surface area contributed by atoms with Crippen LogP contribution in [0.25, 0.3) is 0 Å². The van der Waals surface area contributed by atoms with Gasteiger partial charge < -0.3 is 9.64 Å². The van der Waals surface area contributed by atoms with Crippen molar-refractivity contribution in [3.8, 4) is 0 Å². The quantitative estimate of drug-likeness (QED) is 0.770. The molecule has 0 unspecified atom stereocenters. The number of amides is 1. The fourth-order valence-electron chi connectivity index (χ4n) is 1.69. The largest absolute Gasteiger partial charge is 0.445 e. The lowest BCUT2D eigenvalue weighted by Crippen LogP contribution is -2.59. The molecule has 1 heterocycles. The standard InChI is InChI=1S/C12H14FNO2/c1-12(13)8-14(9-12)11(15)16-7-10-5-3-2-4-6-10/h2-6H,7-9H2,1H3. The van der Waals surface area contributed by atoms with Gasteiger partial charge in [-0.25, -0.2) is 9.18 Å². The van der Waals surface area contributed by atoms with E-state index < -0.39 is 11.8 Å². The van der Waals surface area contributed by atoms with Crippen LogP contribution in [0.2, 0.25) is 0 Å². The predicted octanol–water partition coefficient (Wildman–Crippen LogP) is 2.37. The average Bonchev–Trinajstić information content (AvgIpc) is 2.24. The van der Waals surface area contributed by atoms with Gasteiger partial charge in [-0.15, -0.1) is 0 Å². The third kappa shape index (κ3) is 2.51. The van der Waals surface area contributed by atoms with Crippen LogP contribution < -0.4 is 0 Å². The Labute approximate surface area is 93.8 Å². The van der Waals surface area contributed by atoms with Crippen LogP contribution >= 0.6 is 0 Å². The Bertz CT molecular complexity index is 370. The molecule has 1 aliphatic rings. The van der Waals surface area contributed by atoms with E-state index in [1.165, 1.54) is 11.8 Å². The molecule has 0 aromatic heterocycles. The molecule has 0 radical (unpaired) electrons. The molecule has 16 heavy (non-hydrogen) atoms. The summed E-state index contributed by atoms with van der Waals surface area (Å²) in [5.74, 6) is 0. The molecule has 1 aliphatic heterocycles. The highest BCUT2D eigenvalue weighted by molar-refractivity contribution is 5.69. The molecule has 1 aromatic carbocycles. The zero-order valence-electron chi connectivity index (χ0n) is 9.15. The summed E-state index contributed by atoms with van der Waals surface area (Å²) in [5.41, 5.74) is -0.314. The summed E-state index contributed by atoms with van der Waals surface area (Å²) in [6.07, 6.45) is -0.445. The summed E-state index contributed by atoms with van der Waals surface area (Å²) in [4.78, 5) is 12.8. The van der Waals surface area contributed by atoms with Crippen LogP contribution in [-0.4, -0.2) is 29.8 Å². The molecule has 1 fully saturated rings. The van der Waals surface area contributed by atoms with Gasteiger partial charge in [0.05, 0.1) is 13.1 Å². The minimum Gasteiger partial charge on any atom is -0.445 e. The van der Waals surface area contributed by atoms with Crippen molar-refractivity contribution in [3.05, 3.63) is 35.9 Å². The lowest BCUT2D eigenvalue weighted by Gasteiger charge is -2.41. The summed E-state index contributed by atoms with van der Waals surface area (Å²) in [7, 11) is 0. The zero-order valence-corrected chi connectivity index (χ0v) is 9.15. The minimum atomic E-state index is -1.24. The number of hydrogen-bond acceptors (Lipinski definition) is 2. The molecule has 2 rings (SSSR count). The highest BCUT2D eigenvalue weighted by atomic mass is 19.1. The van der Waals surface area contributed by atoms with Crippen LogP contribution in [0.5, 0.6) is 0 Å². The predicted molar refractivity (Wildman–Crippen MR) is 57.7 cm³/mol. The SMILES string of the molecule is CC1(F)CN(C(=O)OCc2ccccc2)C1. The summed E-state index contributed by atoms with van der Waals surface area (Å²) in [6, 6.07) is 9.41. The maximum Gasteiger partial charge on any atom is 0.410 e. The normalized spacial score (nSPS) is 17.8. The Hall–Kier alpha value is -1.58. The van der Waals surface area contributed by atoms with E-state index in [0.29, 0.717) is 0 Å². The zero-order chi connectivity index (χ0) is 11.6. The molecule has 86 valence electrons. The van der Waals surface area contributed by atoms with Gasteiger partial charge in [0.25, 0.3) is 0 Å². The average molecular weight is 223 g/mol. The van der Waals surface area contributed by atoms with Crippen molar-refractivity contribution in [1.82, 2.24) is 4.90 Å². The number of alkyl halides is 1. The van der Waals surface area contributed by atoms with E-state index in [4.69, 9.17) is 4.74 Å². The van der Waals surface area contributed by atoms with E-state index in [-0.39, 0.29) is 19.7 Å². The first-order valence-corrected chi connectivity index (χ1v) is 5.21. The molecule has 0 aliphatic carbocycles. The van der Waals surface area contributed by atoms with Gasteiger partial charge in [0.1, 0.15) is 12.3 Å². The smallest absolute Gasteiger partial charge is 0.410 e. The number of hydrogen-bond donors (Lipinski definition) is 0. The van der Waals surface area contributed by atoms with Crippen molar-refractivity contribution in [2.24, 2.45) is 0 Å². The lowest BCUT2D eigenvalue weighted by atomic mass is 10.0. The summed E-state index contributed by atoms with van der Waals surface area (Å²) < 4.78 is 18.2. The van der Waals surface area contributed by atoms with Crippen molar-refractivity contribution in [2.45, 2.75) is 19.2 Å². The fraction of sp³-hybridized carbons (Fsp3) is 0.417. The van der Waals surface area contributed by atoms with Crippen LogP contribution in [-0.2, 0) is 11.3 Å². The number of ether oxygens (including phenoxy) is 1. The highest BCUT2D eigenvalue weighted by Gasteiger charge is 2.42. The molecule has 0 spiro atoms. The molecule has 3 nitrogen and oxygen atoms in total. The lowest BCUT2D eigenvalue weighted by molar-refractivity contribution is -0.0192. The van der Waals surface area contributed by atoms with Gasteiger partial charge in [-0.05, 0) is 12.5 Å². The van der Waals surface area contributed by atoms with E-state index >= 15 is 0 Å². The monoisotopic (exact) mass is 223 g/mol. The van der Waals surface area contributed by atoms with Crippen LogP contribution in [0.3, 0.4) is 0 Å². The molecule has 0 bridgehead atoms. The van der Waals surface area contributed by atoms with Gasteiger partial charge in [-0.3, -0.25) is 0 Å². The summed E-state index contributed by atoms with van der Waals surface area (Å²) >= 11 is 0. The number of carbonyl (C=O) groups excluding carboxylic acids is 1. The molecule has 1 aromatic rings. The van der Waals surface area contributed by atoms with E-state index in [1.807, 2.05) is 30.3 Å². The Kier molecular flexibility index (Phi) is 2.81. The second-order valence-electron chi connectivity index (χ2n) is 4.31. The van der Waals surface area contributed by atoms with Crippen molar-refractivity contribution >= 4 is 6.09 Å². The maximum atomic E-state index is 13.1. The van der Waals surface area contributed by atoms with Crippen molar-refractivity contribution < 1.29 is 13.9 Å². The molecular weight excluding hydrogens is 209 g/mol. The van der Waals surface area contributed by atoms with Crippen molar-refractivity contribution in [2.75, 3.05) is 13.1 Å². The van der Waals surface area contributed by atoms with E-state index in [1.54, 1.807) is 0 Å². The number of halogens is 1. The van der Waals surface area contributed by atoms with Crippen LogP contribution in [0, 0.1) is 0 Å². The highest BCUT2D eigenvalue weighted by Crippen LogP contribution is 2.24. The molecule has 1 amide bonds. The molecule has 0 atom stereocenters. The van der Waals surface area contributed by atoms with E-state index in [9.17, 15) is 9.18 Å². The van der Waals surface area contributed by atoms with Crippen molar-refractivity contribution in [3.63, 3.8) is 0 Å². The van der Waals surface area contributed by atoms with Gasteiger partial charge in [0, 0.05) is 0 Å². The first kappa shape index (κ1) is 10.9. The minimum absolute atomic E-state index is 0.126. The van der Waals surface area contributed by atoms with Gasteiger partial charge in [0.2, 0.25) is 0 Å². The number of rotatable bonds is 2. The number of benzene rings is 1. The number of carbonyl (C=O) groups is 1. The summed E-state index contributed by atoms with van der Waals surface area (Å²) in [6.45, 7) is 1.97. The Balaban J connectivity index is 1.77. The molecule has 4 heteroatoms. The molecule has 1 saturated heterocycles. The first-order chi connectivity index (χ1) is 7.57. The number of likely N-dealkylation sites (tertiary alicyclic amines) is 1. The van der Waals surface area contributed by atoms with Crippen LogP contribution in [0.4, 0.5) is 9.18 Å². The third-order valence-electron chi connectivity index (χ3n) is 2.50. The Morgan fingerprint density at radius 2 is 2.06 bits per heavy atom. The van der Waals surface area contributed by atoms with E-state index in [0.717, 1.165) is 5.56 Å². The second-order valence-corrected chi connectivity index (χ2v) is 4.31. The summed E-state index contributed by atoms with van der Waals surface area (Å²) in [5, 5.41) is 0. The van der Waals surface area contributed by atoms with Gasteiger partial charge in [-0.1, -0.05) is 30.3 Å². The first-order valence-electron chi connectivity index (χ1n) is 5.21. The van der Waals surface area contributed by atoms with Crippen molar-refractivity contribution in [1.29, 1.82) is 0 Å². The van der Waals surface area contributed by atoms with Gasteiger partial charge >= 0.3 is 6.09 Å². The molecule has 0 N–H and O–H groups in total.